The molecule has 362 valence electrons. The zero-order valence-electron chi connectivity index (χ0n) is 40.8. The summed E-state index contributed by atoms with van der Waals surface area (Å²) in [5.74, 6) is 0. The van der Waals surface area contributed by atoms with Crippen LogP contribution in [-0.2, 0) is 6.18 Å². The molecule has 8 nitrogen and oxygen atoms in total. The molecule has 0 spiro atoms. The molecule has 12 rings (SSSR count). The van der Waals surface area contributed by atoms with E-state index in [2.05, 4.69) is 30.3 Å². The number of aromatic nitrogens is 2. The SMILES string of the molecule is N#Cc1ccccc1-c1ccc2c(c1)c1cc(-c3ccccc3C#N)ccc1n2-c1cc(-c2c(C#N)cccc2C(F)(F)F)cc(-n2c3ccc(-c4ccccc4C#N)cc3c3cc(-c4ccccc4C#N)ccc32)c1C#N. The molecule has 0 atom stereocenters. The van der Waals surface area contributed by atoms with Crippen molar-refractivity contribution in [2.24, 2.45) is 0 Å². The molecule has 0 saturated carbocycles. The van der Waals surface area contributed by atoms with Gasteiger partial charge in [-0.25, -0.2) is 0 Å². The lowest BCUT2D eigenvalue weighted by molar-refractivity contribution is -0.137. The number of fused-ring (bicyclic) bond motifs is 6. The highest BCUT2D eigenvalue weighted by atomic mass is 19.4. The Bertz CT molecular complexity index is 4330. The van der Waals surface area contributed by atoms with Crippen molar-refractivity contribution in [1.29, 1.82) is 31.6 Å². The van der Waals surface area contributed by atoms with Crippen LogP contribution in [-0.4, -0.2) is 9.13 Å². The number of nitrogens with zero attached hydrogens (tertiary/aromatic N) is 8. The molecule has 2 heterocycles. The second-order valence-corrected chi connectivity index (χ2v) is 18.6. The lowest BCUT2D eigenvalue weighted by Crippen LogP contribution is -2.10. The van der Waals surface area contributed by atoms with Gasteiger partial charge in [0.25, 0.3) is 0 Å². The minimum absolute atomic E-state index is 0.00625. The Morgan fingerprint density at radius 2 is 0.615 bits per heavy atom. The van der Waals surface area contributed by atoms with Crippen LogP contribution in [0.25, 0.3) is 111 Å². The van der Waals surface area contributed by atoms with Gasteiger partial charge in [0.05, 0.1) is 97.2 Å². The lowest BCUT2D eigenvalue weighted by Gasteiger charge is -2.21. The number of hydrogen-bond donors (Lipinski definition) is 0. The number of alkyl halides is 3. The summed E-state index contributed by atoms with van der Waals surface area (Å²) in [6, 6.07) is 71.7. The second-order valence-electron chi connectivity index (χ2n) is 18.6. The molecule has 0 aliphatic carbocycles. The first-order chi connectivity index (χ1) is 38.1. The number of hydrogen-bond acceptors (Lipinski definition) is 6. The van der Waals surface area contributed by atoms with Crippen molar-refractivity contribution in [3.63, 3.8) is 0 Å². The van der Waals surface area contributed by atoms with Gasteiger partial charge >= 0.3 is 6.18 Å². The van der Waals surface area contributed by atoms with Gasteiger partial charge in [0.15, 0.2) is 0 Å². The van der Waals surface area contributed by atoms with E-state index in [1.54, 1.807) is 48.5 Å². The third kappa shape index (κ3) is 7.65. The second kappa shape index (κ2) is 18.8. The van der Waals surface area contributed by atoms with Crippen molar-refractivity contribution < 1.29 is 13.2 Å². The van der Waals surface area contributed by atoms with E-state index < -0.39 is 11.7 Å². The third-order valence-corrected chi connectivity index (χ3v) is 14.4. The maximum absolute atomic E-state index is 15.5. The molecule has 0 saturated heterocycles. The molecule has 10 aromatic carbocycles. The van der Waals surface area contributed by atoms with E-state index in [4.69, 9.17) is 0 Å². The van der Waals surface area contributed by atoms with Gasteiger partial charge in [0.2, 0.25) is 0 Å². The summed E-state index contributed by atoms with van der Waals surface area (Å²) in [7, 11) is 0. The topological polar surface area (TPSA) is 153 Å². The molecule has 0 N–H and O–H groups in total. The Morgan fingerprint density at radius 3 is 0.910 bits per heavy atom. The van der Waals surface area contributed by atoms with Crippen LogP contribution in [0.1, 0.15) is 38.9 Å². The maximum atomic E-state index is 15.5. The highest BCUT2D eigenvalue weighted by molar-refractivity contribution is 6.14. The summed E-state index contributed by atoms with van der Waals surface area (Å²) in [6.45, 7) is 0. The molecule has 0 unspecified atom stereocenters. The third-order valence-electron chi connectivity index (χ3n) is 14.4. The minimum Gasteiger partial charge on any atom is -0.308 e. The van der Waals surface area contributed by atoms with Crippen LogP contribution in [0.4, 0.5) is 13.2 Å². The van der Waals surface area contributed by atoms with Gasteiger partial charge in [-0.3, -0.25) is 0 Å². The molecule has 0 fully saturated rings. The van der Waals surface area contributed by atoms with Gasteiger partial charge in [-0.1, -0.05) is 103 Å². The van der Waals surface area contributed by atoms with Crippen molar-refractivity contribution >= 4 is 43.6 Å². The first kappa shape index (κ1) is 47.5. The fourth-order valence-electron chi connectivity index (χ4n) is 11.0. The summed E-state index contributed by atoms with van der Waals surface area (Å²) >= 11 is 0. The Labute approximate surface area is 444 Å². The maximum Gasteiger partial charge on any atom is 0.417 e. The normalized spacial score (nSPS) is 11.2. The number of rotatable bonds is 7. The summed E-state index contributed by atoms with van der Waals surface area (Å²) in [5, 5.41) is 65.9. The van der Waals surface area contributed by atoms with E-state index in [1.165, 1.54) is 24.3 Å². The van der Waals surface area contributed by atoms with E-state index >= 15 is 13.2 Å². The molecular weight excluding hydrogens is 974 g/mol. The standard InChI is InChI=1S/C67H33F3N8/c68-67(69,70)59-19-9-14-48(38-75)66(59)49-32-64(77-60-24-20-40(50-15-5-1-10-44(50)34-71)28-54(60)55-29-41(21-25-61(55)77)51-16-6-2-11-45(51)35-72)58(39-76)65(33-49)78-62-26-22-42(52-17-7-3-12-46(52)36-73)30-56(62)57-31-43(23-27-63(57)78)53-18-8-4-13-47(53)37-74/h1-33H. The van der Waals surface area contributed by atoms with Crippen LogP contribution in [0.2, 0.25) is 0 Å². The van der Waals surface area contributed by atoms with Gasteiger partial charge in [0.1, 0.15) is 11.6 Å². The van der Waals surface area contributed by atoms with E-state index in [0.29, 0.717) is 110 Å². The van der Waals surface area contributed by atoms with E-state index in [9.17, 15) is 31.6 Å². The van der Waals surface area contributed by atoms with E-state index in [0.717, 1.165) is 6.07 Å². The Kier molecular flexibility index (Phi) is 11.4. The number of benzene rings is 10. The molecule has 0 amide bonds. The van der Waals surface area contributed by atoms with Gasteiger partial charge in [-0.05, 0) is 147 Å². The largest absolute Gasteiger partial charge is 0.417 e. The summed E-state index contributed by atoms with van der Waals surface area (Å²) in [5.41, 5.74) is 8.45. The van der Waals surface area contributed by atoms with Crippen molar-refractivity contribution in [1.82, 2.24) is 9.13 Å². The predicted octanol–water partition coefficient (Wildman–Crippen LogP) is 16.5. The Balaban J connectivity index is 1.24. The first-order valence-corrected chi connectivity index (χ1v) is 24.4. The Morgan fingerprint density at radius 1 is 0.308 bits per heavy atom. The van der Waals surface area contributed by atoms with Crippen molar-refractivity contribution in [2.45, 2.75) is 6.18 Å². The molecule has 0 aliphatic rings. The molecule has 78 heavy (non-hydrogen) atoms. The van der Waals surface area contributed by atoms with Gasteiger partial charge in [-0.2, -0.15) is 44.7 Å². The van der Waals surface area contributed by atoms with Crippen LogP contribution in [0.3, 0.4) is 0 Å². The molecule has 0 aliphatic heterocycles. The monoisotopic (exact) mass is 1010 g/mol. The van der Waals surface area contributed by atoms with Crippen molar-refractivity contribution in [2.75, 3.05) is 0 Å². The average Bonchev–Trinajstić information content (AvgIpc) is 4.19. The molecular formula is C67H33F3N8. The quantitative estimate of drug-likeness (QED) is 0.155. The average molecular weight is 1010 g/mol. The molecule has 12 aromatic rings. The zero-order valence-corrected chi connectivity index (χ0v) is 40.8. The van der Waals surface area contributed by atoms with Crippen LogP contribution < -0.4 is 0 Å². The van der Waals surface area contributed by atoms with Gasteiger partial charge < -0.3 is 9.13 Å². The van der Waals surface area contributed by atoms with Crippen molar-refractivity contribution in [3.05, 3.63) is 239 Å². The summed E-state index contributed by atoms with van der Waals surface area (Å²) in [4.78, 5) is 0. The van der Waals surface area contributed by atoms with Crippen LogP contribution >= 0.6 is 0 Å². The zero-order chi connectivity index (χ0) is 53.8. The van der Waals surface area contributed by atoms with Crippen LogP contribution in [0, 0.1) is 68.0 Å². The number of nitriles is 6. The predicted molar refractivity (Wildman–Crippen MR) is 296 cm³/mol. The van der Waals surface area contributed by atoms with Crippen molar-refractivity contribution in [3.8, 4) is 103 Å². The fraction of sp³-hybridized carbons (Fsp3) is 0.0149. The van der Waals surface area contributed by atoms with Crippen LogP contribution in [0.15, 0.2) is 200 Å². The molecule has 2 aromatic heterocycles. The molecule has 0 radical (unpaired) electrons. The van der Waals surface area contributed by atoms with E-state index in [-0.39, 0.29) is 33.6 Å². The highest BCUT2D eigenvalue weighted by Gasteiger charge is 2.36. The van der Waals surface area contributed by atoms with Gasteiger partial charge in [0, 0.05) is 27.1 Å². The minimum atomic E-state index is -4.91. The number of halogens is 3. The summed E-state index contributed by atoms with van der Waals surface area (Å²) in [6.07, 6.45) is -4.91. The highest BCUT2D eigenvalue weighted by Crippen LogP contribution is 2.46. The fourth-order valence-corrected chi connectivity index (χ4v) is 11.0. The smallest absolute Gasteiger partial charge is 0.308 e. The lowest BCUT2D eigenvalue weighted by atomic mass is 9.92. The summed E-state index contributed by atoms with van der Waals surface area (Å²) < 4.78 is 50.0. The van der Waals surface area contributed by atoms with E-state index in [1.807, 2.05) is 137 Å². The van der Waals surface area contributed by atoms with Crippen LogP contribution in [0.5, 0.6) is 0 Å². The first-order valence-electron chi connectivity index (χ1n) is 24.4. The molecule has 11 heteroatoms. The Hall–Kier alpha value is -11.5. The van der Waals surface area contributed by atoms with Gasteiger partial charge in [-0.15, -0.1) is 0 Å². The molecule has 0 bridgehead atoms.